The van der Waals surface area contributed by atoms with E-state index in [9.17, 15) is 43.2 Å². The average molecular weight is 1120 g/mol. The molecule has 0 rings (SSSR count). The Morgan fingerprint density at radius 1 is 0.360 bits per heavy atom. The maximum Gasteiger partial charge on any atom is 0.472 e. The van der Waals surface area contributed by atoms with Crippen molar-refractivity contribution in [3.63, 3.8) is 0 Å². The van der Waals surface area contributed by atoms with Gasteiger partial charge in [0.05, 0.1) is 26.4 Å². The number of esters is 4. The van der Waals surface area contributed by atoms with Crippen molar-refractivity contribution >= 4 is 39.5 Å². The number of phosphoric acid groups is 2. The fraction of sp³-hybridized carbons (Fsp3) is 0.929. The van der Waals surface area contributed by atoms with Gasteiger partial charge in [0, 0.05) is 25.7 Å². The number of ether oxygens (including phenoxy) is 4. The number of hydrogen-bond acceptors (Lipinski definition) is 15. The minimum Gasteiger partial charge on any atom is -0.462 e. The molecule has 0 saturated heterocycles. The minimum absolute atomic E-state index is 0.104. The van der Waals surface area contributed by atoms with Crippen LogP contribution in [0.5, 0.6) is 0 Å². The molecule has 0 aliphatic rings. The van der Waals surface area contributed by atoms with Crippen LogP contribution in [-0.2, 0) is 65.4 Å². The maximum absolute atomic E-state index is 12.9. The summed E-state index contributed by atoms with van der Waals surface area (Å²) < 4.78 is 67.4. The zero-order chi connectivity index (χ0) is 55.7. The highest BCUT2D eigenvalue weighted by molar-refractivity contribution is 7.47. The van der Waals surface area contributed by atoms with Gasteiger partial charge in [-0.15, -0.1) is 0 Å². The molecule has 0 spiro atoms. The van der Waals surface area contributed by atoms with Crippen LogP contribution in [0.25, 0.3) is 0 Å². The van der Waals surface area contributed by atoms with Gasteiger partial charge >= 0.3 is 39.5 Å². The fourth-order valence-corrected chi connectivity index (χ4v) is 9.75. The van der Waals surface area contributed by atoms with E-state index in [1.807, 2.05) is 0 Å². The first-order valence-corrected chi connectivity index (χ1v) is 32.6. The molecule has 0 amide bonds. The molecular weight excluding hydrogens is 1010 g/mol. The van der Waals surface area contributed by atoms with Gasteiger partial charge in [0.15, 0.2) is 12.2 Å². The van der Waals surface area contributed by atoms with Crippen molar-refractivity contribution in [1.29, 1.82) is 0 Å². The zero-order valence-electron chi connectivity index (χ0n) is 47.7. The van der Waals surface area contributed by atoms with E-state index in [0.717, 1.165) is 116 Å². The third kappa shape index (κ3) is 51.3. The first-order chi connectivity index (χ1) is 36.0. The normalized spacial score (nSPS) is 14.5. The summed E-state index contributed by atoms with van der Waals surface area (Å²) >= 11 is 0. The van der Waals surface area contributed by atoms with E-state index in [4.69, 9.17) is 37.0 Å². The van der Waals surface area contributed by atoms with Gasteiger partial charge in [0.25, 0.3) is 0 Å². The molecule has 444 valence electrons. The summed E-state index contributed by atoms with van der Waals surface area (Å²) in [5, 5.41) is 10.5. The summed E-state index contributed by atoms with van der Waals surface area (Å²) in [4.78, 5) is 71.6. The predicted molar refractivity (Wildman–Crippen MR) is 294 cm³/mol. The molecule has 0 heterocycles. The molecule has 0 aromatic heterocycles. The highest BCUT2D eigenvalue weighted by Crippen LogP contribution is 2.45. The SMILES string of the molecule is CCCCCCCCCCCCCC(=O)O[C@H](COC(=O)CCCCCCCCC(C)C)COP(=O)(O)OC[C@@H](O)COP(=O)(O)OC[C@@H](COC(=O)CCCCCCCCC)OC(=O)CCCCCCCCCC. The Morgan fingerprint density at radius 2 is 0.613 bits per heavy atom. The molecule has 17 nitrogen and oxygen atoms in total. The summed E-state index contributed by atoms with van der Waals surface area (Å²) in [6.45, 7) is 6.97. The average Bonchev–Trinajstić information content (AvgIpc) is 3.37. The Kier molecular flexibility index (Phi) is 49.0. The van der Waals surface area contributed by atoms with Gasteiger partial charge < -0.3 is 33.8 Å². The Balaban J connectivity index is 5.20. The largest absolute Gasteiger partial charge is 0.472 e. The summed E-state index contributed by atoms with van der Waals surface area (Å²) in [7, 11) is -9.86. The first-order valence-electron chi connectivity index (χ1n) is 29.6. The third-order valence-electron chi connectivity index (χ3n) is 12.8. The van der Waals surface area contributed by atoms with Crippen molar-refractivity contribution in [1.82, 2.24) is 0 Å². The summed E-state index contributed by atoms with van der Waals surface area (Å²) in [5.41, 5.74) is 0. The monoisotopic (exact) mass is 1110 g/mol. The highest BCUT2D eigenvalue weighted by atomic mass is 31.2. The fourth-order valence-electron chi connectivity index (χ4n) is 8.17. The van der Waals surface area contributed by atoms with Crippen LogP contribution in [0.4, 0.5) is 0 Å². The number of hydrogen-bond donors (Lipinski definition) is 3. The van der Waals surface area contributed by atoms with Gasteiger partial charge in [0.2, 0.25) is 0 Å². The molecule has 75 heavy (non-hydrogen) atoms. The van der Waals surface area contributed by atoms with E-state index in [0.29, 0.717) is 31.6 Å². The number of aliphatic hydroxyl groups is 1. The lowest BCUT2D eigenvalue weighted by molar-refractivity contribution is -0.161. The number of carbonyl (C=O) groups excluding carboxylic acids is 4. The van der Waals surface area contributed by atoms with Crippen molar-refractivity contribution < 1.29 is 80.2 Å². The van der Waals surface area contributed by atoms with E-state index in [-0.39, 0.29) is 25.7 Å². The van der Waals surface area contributed by atoms with Crippen molar-refractivity contribution in [2.75, 3.05) is 39.6 Å². The molecule has 0 radical (unpaired) electrons. The lowest BCUT2D eigenvalue weighted by atomic mass is 10.0. The molecule has 0 aromatic carbocycles. The summed E-state index contributed by atoms with van der Waals surface area (Å²) in [6.07, 6.45) is 31.0. The van der Waals surface area contributed by atoms with Crippen LogP contribution >= 0.6 is 15.6 Å². The second-order valence-corrected chi connectivity index (χ2v) is 23.7. The topological polar surface area (TPSA) is 237 Å². The number of carbonyl (C=O) groups is 4. The van der Waals surface area contributed by atoms with E-state index in [1.54, 1.807) is 0 Å². The van der Waals surface area contributed by atoms with Crippen molar-refractivity contribution in [3.05, 3.63) is 0 Å². The standard InChI is InChI=1S/C56H108O17P2/c1-6-9-12-15-18-20-21-22-25-32-37-42-56(61)73-52(46-67-54(59)40-35-30-27-26-28-33-38-49(4)5)48-71-75(64,65)69-44-50(57)43-68-74(62,63)70-47-51(45-66-53(58)39-34-29-23-17-14-11-8-3)72-55(60)41-36-31-24-19-16-13-10-7-2/h49-52,57H,6-48H2,1-5H3,(H,62,63)(H,64,65)/t50-,51+,52+/m0/s1. The molecular formula is C56H108O17P2. The number of phosphoric ester groups is 2. The van der Waals surface area contributed by atoms with E-state index in [2.05, 4.69) is 34.6 Å². The second kappa shape index (κ2) is 50.3. The first kappa shape index (κ1) is 73.1. The Labute approximate surface area is 454 Å². The van der Waals surface area contributed by atoms with Gasteiger partial charge in [-0.25, -0.2) is 9.13 Å². The minimum atomic E-state index is -4.93. The highest BCUT2D eigenvalue weighted by Gasteiger charge is 2.30. The maximum atomic E-state index is 12.9. The number of unbranched alkanes of at least 4 members (excludes halogenated alkanes) is 28. The smallest absolute Gasteiger partial charge is 0.462 e. The second-order valence-electron chi connectivity index (χ2n) is 20.8. The third-order valence-corrected chi connectivity index (χ3v) is 14.7. The Bertz CT molecular complexity index is 1480. The van der Waals surface area contributed by atoms with Gasteiger partial charge in [-0.1, -0.05) is 221 Å². The van der Waals surface area contributed by atoms with Crippen LogP contribution in [0.15, 0.2) is 0 Å². The van der Waals surface area contributed by atoms with Crippen LogP contribution < -0.4 is 0 Å². The molecule has 19 heteroatoms. The van der Waals surface area contributed by atoms with Crippen molar-refractivity contribution in [3.8, 4) is 0 Å². The quantitative estimate of drug-likeness (QED) is 0.0222. The predicted octanol–water partition coefficient (Wildman–Crippen LogP) is 14.7. The molecule has 0 aromatic rings. The van der Waals surface area contributed by atoms with Crippen LogP contribution in [0.2, 0.25) is 0 Å². The number of aliphatic hydroxyl groups excluding tert-OH is 1. The van der Waals surface area contributed by atoms with Crippen LogP contribution in [-0.4, -0.2) is 96.7 Å². The molecule has 0 bridgehead atoms. The van der Waals surface area contributed by atoms with Gasteiger partial charge in [0.1, 0.15) is 19.3 Å². The van der Waals surface area contributed by atoms with Gasteiger partial charge in [-0.2, -0.15) is 0 Å². The van der Waals surface area contributed by atoms with Crippen LogP contribution in [0.1, 0.15) is 272 Å². The molecule has 2 unspecified atom stereocenters. The van der Waals surface area contributed by atoms with Crippen LogP contribution in [0.3, 0.4) is 0 Å². The molecule has 0 saturated carbocycles. The number of rotatable bonds is 56. The van der Waals surface area contributed by atoms with E-state index < -0.39 is 97.5 Å². The van der Waals surface area contributed by atoms with Gasteiger partial charge in [-0.05, 0) is 31.6 Å². The molecule has 0 fully saturated rings. The van der Waals surface area contributed by atoms with Gasteiger partial charge in [-0.3, -0.25) is 37.3 Å². The van der Waals surface area contributed by atoms with Crippen molar-refractivity contribution in [2.24, 2.45) is 5.92 Å². The van der Waals surface area contributed by atoms with E-state index >= 15 is 0 Å². The Morgan fingerprint density at radius 3 is 0.907 bits per heavy atom. The summed E-state index contributed by atoms with van der Waals surface area (Å²) in [5.74, 6) is -1.47. The van der Waals surface area contributed by atoms with E-state index in [1.165, 1.54) is 70.6 Å². The zero-order valence-corrected chi connectivity index (χ0v) is 49.5. The molecule has 3 N–H and O–H groups in total. The summed E-state index contributed by atoms with van der Waals surface area (Å²) in [6, 6.07) is 0. The molecule has 0 aliphatic carbocycles. The lowest BCUT2D eigenvalue weighted by Crippen LogP contribution is -2.30. The Hall–Kier alpha value is -1.94. The molecule has 0 aliphatic heterocycles. The van der Waals surface area contributed by atoms with Crippen molar-refractivity contribution in [2.45, 2.75) is 291 Å². The molecule has 5 atom stereocenters. The van der Waals surface area contributed by atoms with Crippen LogP contribution in [0, 0.1) is 5.92 Å². The lowest BCUT2D eigenvalue weighted by Gasteiger charge is -2.21.